The lowest BCUT2D eigenvalue weighted by atomic mass is 10.1. The number of carbonyl (C=O) groups excluding carboxylic acids is 1. The van der Waals surface area contributed by atoms with E-state index in [2.05, 4.69) is 27.3 Å². The van der Waals surface area contributed by atoms with E-state index in [1.165, 1.54) is 23.0 Å². The summed E-state index contributed by atoms with van der Waals surface area (Å²) in [6.07, 6.45) is 0.812. The van der Waals surface area contributed by atoms with Crippen LogP contribution in [0.5, 0.6) is 5.75 Å². The topological polar surface area (TPSA) is 109 Å². The van der Waals surface area contributed by atoms with E-state index in [1.54, 1.807) is 0 Å². The number of aromatic nitrogens is 1. The molecule has 0 aliphatic carbocycles. The molecule has 1 aromatic heterocycles. The molecule has 3 aromatic rings. The number of hydrogen-bond acceptors (Lipinski definition) is 7. The van der Waals surface area contributed by atoms with Crippen molar-refractivity contribution in [3.05, 3.63) is 80.3 Å². The van der Waals surface area contributed by atoms with E-state index >= 15 is 0 Å². The van der Waals surface area contributed by atoms with Crippen molar-refractivity contribution < 1.29 is 14.8 Å². The van der Waals surface area contributed by atoms with Crippen LogP contribution in [0.3, 0.4) is 0 Å². The number of phenols is 1. The van der Waals surface area contributed by atoms with Gasteiger partial charge in [-0.2, -0.15) is 0 Å². The second-order valence-electron chi connectivity index (χ2n) is 6.75. The first kappa shape index (κ1) is 19.0. The van der Waals surface area contributed by atoms with Gasteiger partial charge in [-0.1, -0.05) is 30.3 Å². The van der Waals surface area contributed by atoms with E-state index in [1.807, 2.05) is 18.2 Å². The number of aromatic hydroxyl groups is 1. The lowest BCUT2D eigenvalue weighted by molar-refractivity contribution is -0.385. The SMILES string of the molecule is O=C(Nc1nc2c(s1)CN(Cc1ccccc1)CC2)c1ccc([N+](=O)[O-])c(O)c1. The van der Waals surface area contributed by atoms with Gasteiger partial charge in [-0.25, -0.2) is 4.98 Å². The zero-order valence-corrected chi connectivity index (χ0v) is 16.2. The Hall–Kier alpha value is -3.30. The van der Waals surface area contributed by atoms with Gasteiger partial charge in [0.2, 0.25) is 0 Å². The van der Waals surface area contributed by atoms with Gasteiger partial charge in [0.15, 0.2) is 10.9 Å². The summed E-state index contributed by atoms with van der Waals surface area (Å²) in [4.78, 5) is 30.5. The number of nitro benzene ring substituents is 1. The predicted molar refractivity (Wildman–Crippen MR) is 109 cm³/mol. The highest BCUT2D eigenvalue weighted by Gasteiger charge is 2.22. The maximum atomic E-state index is 12.4. The van der Waals surface area contributed by atoms with Gasteiger partial charge in [-0.3, -0.25) is 25.1 Å². The van der Waals surface area contributed by atoms with E-state index in [-0.39, 0.29) is 5.56 Å². The van der Waals surface area contributed by atoms with Crippen molar-refractivity contribution in [2.45, 2.75) is 19.5 Å². The molecule has 0 atom stereocenters. The number of hydrogen-bond donors (Lipinski definition) is 2. The number of amides is 1. The Morgan fingerprint density at radius 3 is 2.79 bits per heavy atom. The standard InChI is InChI=1S/C20H18N4O4S/c25-17-10-14(6-7-16(17)24(27)28)19(26)22-20-21-15-8-9-23(12-18(15)29-20)11-13-4-2-1-3-5-13/h1-7,10,25H,8-9,11-12H2,(H,21,22,26). The number of fused-ring (bicyclic) bond motifs is 1. The Kier molecular flexibility index (Phi) is 5.24. The maximum Gasteiger partial charge on any atom is 0.310 e. The van der Waals surface area contributed by atoms with Crippen molar-refractivity contribution in [3.63, 3.8) is 0 Å². The fraction of sp³-hybridized carbons (Fsp3) is 0.200. The van der Waals surface area contributed by atoms with Gasteiger partial charge in [0, 0.05) is 42.6 Å². The van der Waals surface area contributed by atoms with Crippen molar-refractivity contribution in [1.29, 1.82) is 0 Å². The van der Waals surface area contributed by atoms with Crippen molar-refractivity contribution in [2.75, 3.05) is 11.9 Å². The van der Waals surface area contributed by atoms with Crippen LogP contribution >= 0.6 is 11.3 Å². The minimum Gasteiger partial charge on any atom is -0.502 e. The summed E-state index contributed by atoms with van der Waals surface area (Å²) in [5.41, 5.74) is 1.94. The Morgan fingerprint density at radius 1 is 1.28 bits per heavy atom. The highest BCUT2D eigenvalue weighted by Crippen LogP contribution is 2.30. The number of nitrogens with one attached hydrogen (secondary N) is 1. The van der Waals surface area contributed by atoms with Gasteiger partial charge in [-0.05, 0) is 17.7 Å². The fourth-order valence-corrected chi connectivity index (χ4v) is 4.31. The molecular formula is C20H18N4O4S. The highest BCUT2D eigenvalue weighted by atomic mass is 32.1. The number of benzene rings is 2. The number of anilines is 1. The summed E-state index contributed by atoms with van der Waals surface area (Å²) in [5.74, 6) is -1.01. The molecule has 2 aromatic carbocycles. The lowest BCUT2D eigenvalue weighted by Gasteiger charge is -2.25. The van der Waals surface area contributed by atoms with Crippen LogP contribution in [-0.2, 0) is 19.5 Å². The number of carbonyl (C=O) groups is 1. The van der Waals surface area contributed by atoms with Gasteiger partial charge >= 0.3 is 5.69 Å². The fourth-order valence-electron chi connectivity index (χ4n) is 3.27. The normalized spacial score (nSPS) is 13.7. The first-order valence-corrected chi connectivity index (χ1v) is 9.85. The molecule has 8 nitrogen and oxygen atoms in total. The van der Waals surface area contributed by atoms with Crippen LogP contribution in [0.2, 0.25) is 0 Å². The minimum atomic E-state index is -0.701. The van der Waals surface area contributed by atoms with Crippen molar-refractivity contribution in [1.82, 2.24) is 9.88 Å². The first-order valence-electron chi connectivity index (χ1n) is 9.03. The van der Waals surface area contributed by atoms with Gasteiger partial charge in [0.1, 0.15) is 0 Å². The van der Waals surface area contributed by atoms with Crippen LogP contribution in [-0.4, -0.2) is 32.4 Å². The molecular weight excluding hydrogens is 392 g/mol. The molecule has 4 rings (SSSR count). The van der Waals surface area contributed by atoms with Crippen molar-refractivity contribution in [2.24, 2.45) is 0 Å². The molecule has 1 aliphatic heterocycles. The molecule has 2 N–H and O–H groups in total. The van der Waals surface area contributed by atoms with E-state index in [4.69, 9.17) is 0 Å². The molecule has 1 amide bonds. The van der Waals surface area contributed by atoms with Gasteiger partial charge in [0.05, 0.1) is 10.6 Å². The number of rotatable bonds is 5. The van der Waals surface area contributed by atoms with E-state index in [0.717, 1.165) is 48.8 Å². The zero-order valence-electron chi connectivity index (χ0n) is 15.4. The van der Waals surface area contributed by atoms with E-state index < -0.39 is 22.3 Å². The van der Waals surface area contributed by atoms with E-state index in [9.17, 15) is 20.0 Å². The number of nitrogens with zero attached hydrogens (tertiary/aromatic N) is 3. The molecule has 0 saturated heterocycles. The van der Waals surface area contributed by atoms with Crippen LogP contribution in [0.15, 0.2) is 48.5 Å². The third-order valence-corrected chi connectivity index (χ3v) is 5.71. The van der Waals surface area contributed by atoms with Crippen LogP contribution in [0, 0.1) is 10.1 Å². The average molecular weight is 410 g/mol. The molecule has 29 heavy (non-hydrogen) atoms. The average Bonchev–Trinajstić information content (AvgIpc) is 3.09. The number of phenolic OH excluding ortho intramolecular Hbond substituents is 1. The van der Waals surface area contributed by atoms with Crippen molar-refractivity contribution in [3.8, 4) is 5.75 Å². The second kappa shape index (κ2) is 7.98. The summed E-state index contributed by atoms with van der Waals surface area (Å²) in [6.45, 7) is 2.53. The molecule has 1 aliphatic rings. The smallest absolute Gasteiger partial charge is 0.310 e. The molecule has 0 radical (unpaired) electrons. The highest BCUT2D eigenvalue weighted by molar-refractivity contribution is 7.15. The molecule has 9 heteroatoms. The molecule has 0 spiro atoms. The van der Waals surface area contributed by atoms with Gasteiger partial charge in [-0.15, -0.1) is 11.3 Å². The summed E-state index contributed by atoms with van der Waals surface area (Å²) in [6, 6.07) is 13.8. The minimum absolute atomic E-state index is 0.131. The molecule has 2 heterocycles. The third kappa shape index (κ3) is 4.25. The van der Waals surface area contributed by atoms with Crippen LogP contribution < -0.4 is 5.32 Å². The monoisotopic (exact) mass is 410 g/mol. The van der Waals surface area contributed by atoms with Gasteiger partial charge in [0.25, 0.3) is 5.91 Å². The predicted octanol–water partition coefficient (Wildman–Crippen LogP) is 3.57. The van der Waals surface area contributed by atoms with Crippen LogP contribution in [0.25, 0.3) is 0 Å². The van der Waals surface area contributed by atoms with E-state index in [0.29, 0.717) is 5.13 Å². The molecule has 0 unspecified atom stereocenters. The van der Waals surface area contributed by atoms with Crippen LogP contribution in [0.4, 0.5) is 10.8 Å². The third-order valence-electron chi connectivity index (χ3n) is 4.71. The Morgan fingerprint density at radius 2 is 2.07 bits per heavy atom. The molecule has 0 saturated carbocycles. The maximum absolute atomic E-state index is 12.4. The molecule has 0 fully saturated rings. The quantitative estimate of drug-likeness (QED) is 0.492. The number of thiazole rings is 1. The molecule has 0 bridgehead atoms. The summed E-state index contributed by atoms with van der Waals surface area (Å²) >= 11 is 1.43. The second-order valence-corrected chi connectivity index (χ2v) is 7.83. The van der Waals surface area contributed by atoms with Crippen molar-refractivity contribution >= 4 is 28.1 Å². The zero-order chi connectivity index (χ0) is 20.4. The summed E-state index contributed by atoms with van der Waals surface area (Å²) < 4.78 is 0. The Balaban J connectivity index is 1.43. The lowest BCUT2D eigenvalue weighted by Crippen LogP contribution is -2.29. The first-order chi connectivity index (χ1) is 14.0. The Bertz CT molecular complexity index is 1070. The van der Waals surface area contributed by atoms with Crippen LogP contribution in [0.1, 0.15) is 26.5 Å². The number of nitro groups is 1. The summed E-state index contributed by atoms with van der Waals surface area (Å²) in [7, 11) is 0. The largest absolute Gasteiger partial charge is 0.502 e. The Labute approximate surface area is 170 Å². The summed E-state index contributed by atoms with van der Waals surface area (Å²) in [5, 5.41) is 23.7. The molecule has 148 valence electrons. The van der Waals surface area contributed by atoms with Gasteiger partial charge < -0.3 is 5.11 Å².